The highest BCUT2D eigenvalue weighted by Crippen LogP contribution is 2.28. The van der Waals surface area contributed by atoms with Crippen LogP contribution in [0.5, 0.6) is 0 Å². The normalized spacial score (nSPS) is 10.4. The second kappa shape index (κ2) is 6.38. The maximum absolute atomic E-state index is 11.4. The van der Waals surface area contributed by atoms with Crippen LogP contribution in [0.15, 0.2) is 35.2 Å². The summed E-state index contributed by atoms with van der Waals surface area (Å²) in [6.45, 7) is 2.07. The lowest BCUT2D eigenvalue weighted by molar-refractivity contribution is -0.139. The zero-order chi connectivity index (χ0) is 14.5. The third kappa shape index (κ3) is 3.27. The van der Waals surface area contributed by atoms with E-state index < -0.39 is 5.97 Å². The fourth-order valence-corrected chi connectivity index (χ4v) is 2.59. The van der Waals surface area contributed by atoms with Crippen LogP contribution < -0.4 is 0 Å². The Kier molecular flexibility index (Phi) is 4.57. The van der Waals surface area contributed by atoms with E-state index in [0.717, 1.165) is 5.39 Å². The molecule has 0 saturated heterocycles. The van der Waals surface area contributed by atoms with Crippen molar-refractivity contribution in [2.24, 2.45) is 0 Å². The maximum atomic E-state index is 11.4. The lowest BCUT2D eigenvalue weighted by Gasteiger charge is -2.07. The molecule has 1 heterocycles. The molecule has 0 spiro atoms. The standard InChI is InChI=1S/C14H13NO4S/c1-2-19-13(16)8-20-12-7-11(14(17)18)15-10-6-4-3-5-9(10)12/h3-7H,2,8H2,1H3,(H,17,18). The number of fused-ring (bicyclic) bond motifs is 1. The highest BCUT2D eigenvalue weighted by molar-refractivity contribution is 8.00. The summed E-state index contributed by atoms with van der Waals surface area (Å²) in [5, 5.41) is 9.89. The summed E-state index contributed by atoms with van der Waals surface area (Å²) in [7, 11) is 0. The molecule has 0 unspecified atom stereocenters. The first-order valence-corrected chi connectivity index (χ1v) is 7.02. The smallest absolute Gasteiger partial charge is 0.354 e. The molecule has 0 aliphatic carbocycles. The minimum Gasteiger partial charge on any atom is -0.477 e. The number of benzene rings is 1. The molecule has 0 aliphatic rings. The zero-order valence-electron chi connectivity index (χ0n) is 10.8. The van der Waals surface area contributed by atoms with Crippen LogP contribution in [0.1, 0.15) is 17.4 Å². The number of para-hydroxylation sites is 1. The number of carboxylic acids is 1. The van der Waals surface area contributed by atoms with Crippen LogP contribution in [0.2, 0.25) is 0 Å². The Bertz CT molecular complexity index is 657. The lowest BCUT2D eigenvalue weighted by atomic mass is 10.2. The van der Waals surface area contributed by atoms with E-state index in [9.17, 15) is 9.59 Å². The molecule has 0 amide bonds. The number of carbonyl (C=O) groups excluding carboxylic acids is 1. The quantitative estimate of drug-likeness (QED) is 0.674. The van der Waals surface area contributed by atoms with Crippen LogP contribution in [0.4, 0.5) is 0 Å². The number of aromatic carboxylic acids is 1. The first-order valence-electron chi connectivity index (χ1n) is 6.03. The number of pyridine rings is 1. The number of esters is 1. The molecule has 2 aromatic rings. The maximum Gasteiger partial charge on any atom is 0.354 e. The predicted molar refractivity (Wildman–Crippen MR) is 76.1 cm³/mol. The second-order valence-corrected chi connectivity index (χ2v) is 4.94. The van der Waals surface area contributed by atoms with Crippen molar-refractivity contribution in [3.8, 4) is 0 Å². The number of hydrogen-bond acceptors (Lipinski definition) is 5. The van der Waals surface area contributed by atoms with Gasteiger partial charge in [-0.05, 0) is 19.1 Å². The molecular formula is C14H13NO4S. The highest BCUT2D eigenvalue weighted by atomic mass is 32.2. The van der Waals surface area contributed by atoms with Crippen molar-refractivity contribution < 1.29 is 19.4 Å². The molecule has 20 heavy (non-hydrogen) atoms. The number of carbonyl (C=O) groups is 2. The molecule has 2 rings (SSSR count). The second-order valence-electron chi connectivity index (χ2n) is 3.92. The van der Waals surface area contributed by atoms with Crippen LogP contribution in [0, 0.1) is 0 Å². The summed E-state index contributed by atoms with van der Waals surface area (Å²) in [5.41, 5.74) is 0.564. The van der Waals surface area contributed by atoms with Crippen LogP contribution in [-0.4, -0.2) is 34.4 Å². The first-order chi connectivity index (χ1) is 9.61. The molecule has 0 atom stereocenters. The van der Waals surface area contributed by atoms with Crippen molar-refractivity contribution in [3.63, 3.8) is 0 Å². The van der Waals surface area contributed by atoms with Gasteiger partial charge in [0.15, 0.2) is 0 Å². The number of rotatable bonds is 5. The molecule has 5 nitrogen and oxygen atoms in total. The third-order valence-corrected chi connectivity index (χ3v) is 3.58. The van der Waals surface area contributed by atoms with Crippen LogP contribution in [0.25, 0.3) is 10.9 Å². The molecule has 0 radical (unpaired) electrons. The van der Waals surface area contributed by atoms with Crippen LogP contribution in [-0.2, 0) is 9.53 Å². The van der Waals surface area contributed by atoms with E-state index in [4.69, 9.17) is 9.84 Å². The van der Waals surface area contributed by atoms with E-state index in [1.807, 2.05) is 12.1 Å². The van der Waals surface area contributed by atoms with Crippen molar-refractivity contribution in [1.29, 1.82) is 0 Å². The summed E-state index contributed by atoms with van der Waals surface area (Å²) in [5.74, 6) is -1.27. The Morgan fingerprint density at radius 2 is 2.10 bits per heavy atom. The Hall–Kier alpha value is -2.08. The van der Waals surface area contributed by atoms with Gasteiger partial charge in [0, 0.05) is 10.3 Å². The molecule has 1 aromatic carbocycles. The van der Waals surface area contributed by atoms with E-state index in [1.165, 1.54) is 17.8 Å². The Morgan fingerprint density at radius 3 is 2.80 bits per heavy atom. The van der Waals surface area contributed by atoms with Gasteiger partial charge >= 0.3 is 11.9 Å². The van der Waals surface area contributed by atoms with Crippen LogP contribution >= 0.6 is 11.8 Å². The summed E-state index contributed by atoms with van der Waals surface area (Å²) in [6.07, 6.45) is 0. The molecule has 0 aliphatic heterocycles. The minimum atomic E-state index is -1.09. The van der Waals surface area contributed by atoms with E-state index in [0.29, 0.717) is 17.0 Å². The van der Waals surface area contributed by atoms with Crippen LogP contribution in [0.3, 0.4) is 0 Å². The molecule has 104 valence electrons. The Morgan fingerprint density at radius 1 is 1.35 bits per heavy atom. The highest BCUT2D eigenvalue weighted by Gasteiger charge is 2.12. The Labute approximate surface area is 120 Å². The average Bonchev–Trinajstić information content (AvgIpc) is 2.44. The molecular weight excluding hydrogens is 278 g/mol. The number of hydrogen-bond donors (Lipinski definition) is 1. The number of nitrogens with zero attached hydrogens (tertiary/aromatic N) is 1. The predicted octanol–water partition coefficient (Wildman–Crippen LogP) is 2.59. The van der Waals surface area contributed by atoms with Crippen molar-refractivity contribution in [3.05, 3.63) is 36.0 Å². The fraction of sp³-hybridized carbons (Fsp3) is 0.214. The van der Waals surface area contributed by atoms with Crippen molar-refractivity contribution in [1.82, 2.24) is 4.98 Å². The van der Waals surface area contributed by atoms with Gasteiger partial charge < -0.3 is 9.84 Å². The SMILES string of the molecule is CCOC(=O)CSc1cc(C(=O)O)nc2ccccc12. The van der Waals surface area contributed by atoms with E-state index in [-0.39, 0.29) is 17.4 Å². The van der Waals surface area contributed by atoms with E-state index in [2.05, 4.69) is 4.98 Å². The Balaban J connectivity index is 2.34. The molecule has 0 saturated carbocycles. The summed E-state index contributed by atoms with van der Waals surface area (Å²) < 4.78 is 4.86. The zero-order valence-corrected chi connectivity index (χ0v) is 11.6. The monoisotopic (exact) mass is 291 g/mol. The molecule has 1 N–H and O–H groups in total. The third-order valence-electron chi connectivity index (χ3n) is 2.55. The number of carboxylic acid groups (broad SMARTS) is 1. The largest absolute Gasteiger partial charge is 0.477 e. The minimum absolute atomic E-state index is 0.0324. The summed E-state index contributed by atoms with van der Waals surface area (Å²) >= 11 is 1.25. The van der Waals surface area contributed by atoms with Crippen molar-refractivity contribution >= 4 is 34.6 Å². The van der Waals surface area contributed by atoms with Gasteiger partial charge in [-0.1, -0.05) is 18.2 Å². The van der Waals surface area contributed by atoms with Gasteiger partial charge in [0.2, 0.25) is 0 Å². The first kappa shape index (κ1) is 14.3. The van der Waals surface area contributed by atoms with E-state index >= 15 is 0 Å². The molecule has 0 fully saturated rings. The molecule has 6 heteroatoms. The van der Waals surface area contributed by atoms with Gasteiger partial charge in [-0.15, -0.1) is 11.8 Å². The van der Waals surface area contributed by atoms with Gasteiger partial charge in [-0.25, -0.2) is 9.78 Å². The summed E-state index contributed by atoms with van der Waals surface area (Å²) in [6, 6.07) is 8.71. The average molecular weight is 291 g/mol. The van der Waals surface area contributed by atoms with Crippen molar-refractivity contribution in [2.75, 3.05) is 12.4 Å². The molecule has 0 bridgehead atoms. The lowest BCUT2D eigenvalue weighted by Crippen LogP contribution is -2.07. The van der Waals surface area contributed by atoms with Gasteiger partial charge in [0.05, 0.1) is 17.9 Å². The summed E-state index contributed by atoms with van der Waals surface area (Å²) in [4.78, 5) is 27.2. The number of ether oxygens (including phenoxy) is 1. The van der Waals surface area contributed by atoms with Gasteiger partial charge in [-0.3, -0.25) is 4.79 Å². The topological polar surface area (TPSA) is 76.5 Å². The van der Waals surface area contributed by atoms with Gasteiger partial charge in [-0.2, -0.15) is 0 Å². The number of aromatic nitrogens is 1. The van der Waals surface area contributed by atoms with Gasteiger partial charge in [0.1, 0.15) is 5.69 Å². The number of thioether (sulfide) groups is 1. The fourth-order valence-electron chi connectivity index (χ4n) is 1.71. The molecule has 1 aromatic heterocycles. The van der Waals surface area contributed by atoms with Gasteiger partial charge in [0.25, 0.3) is 0 Å². The van der Waals surface area contributed by atoms with E-state index in [1.54, 1.807) is 19.1 Å². The van der Waals surface area contributed by atoms with Crippen molar-refractivity contribution in [2.45, 2.75) is 11.8 Å².